The van der Waals surface area contributed by atoms with Crippen LogP contribution in [0.25, 0.3) is 11.6 Å². The molecule has 0 aromatic heterocycles. The molecule has 0 bridgehead atoms. The summed E-state index contributed by atoms with van der Waals surface area (Å²) in [5.74, 6) is -0.710. The van der Waals surface area contributed by atoms with Crippen molar-refractivity contribution in [3.63, 3.8) is 0 Å². The maximum absolute atomic E-state index is 13.3. The zero-order chi connectivity index (χ0) is 14.3. The minimum Gasteiger partial charge on any atom is -0.321 e. The molecule has 0 fully saturated rings. The SMILES string of the molecule is O=C1Nc2ccc(F)cc2C1=Cc1c(Cl)cccc1Cl. The van der Waals surface area contributed by atoms with Gasteiger partial charge in [-0.3, -0.25) is 4.79 Å². The molecule has 0 atom stereocenters. The number of halogens is 3. The Labute approximate surface area is 124 Å². The largest absolute Gasteiger partial charge is 0.321 e. The normalized spacial score (nSPS) is 15.3. The first-order chi connectivity index (χ1) is 9.56. The van der Waals surface area contributed by atoms with Gasteiger partial charge in [0.2, 0.25) is 0 Å². The van der Waals surface area contributed by atoms with Crippen LogP contribution in [0.1, 0.15) is 11.1 Å². The first-order valence-corrected chi connectivity index (χ1v) is 6.59. The highest BCUT2D eigenvalue weighted by Gasteiger charge is 2.25. The predicted octanol–water partition coefficient (Wildman–Crippen LogP) is 4.63. The van der Waals surface area contributed by atoms with Crippen LogP contribution in [0.5, 0.6) is 0 Å². The van der Waals surface area contributed by atoms with Crippen LogP contribution in [0.15, 0.2) is 36.4 Å². The van der Waals surface area contributed by atoms with E-state index in [4.69, 9.17) is 23.2 Å². The summed E-state index contributed by atoms with van der Waals surface area (Å²) < 4.78 is 13.3. The van der Waals surface area contributed by atoms with Crippen LogP contribution in [0.2, 0.25) is 10.0 Å². The van der Waals surface area contributed by atoms with Crippen molar-refractivity contribution in [1.29, 1.82) is 0 Å². The van der Waals surface area contributed by atoms with Crippen molar-refractivity contribution in [3.8, 4) is 0 Å². The molecule has 1 aliphatic heterocycles. The monoisotopic (exact) mass is 307 g/mol. The molecule has 1 heterocycles. The molecule has 0 aliphatic carbocycles. The standard InChI is InChI=1S/C15H8Cl2FNO/c16-12-2-1-3-13(17)11(12)7-10-9-6-8(18)4-5-14(9)19-15(10)20/h1-7H,(H,19,20). The average Bonchev–Trinajstić information content (AvgIpc) is 2.70. The minimum absolute atomic E-state index is 0.304. The number of carbonyl (C=O) groups is 1. The van der Waals surface area contributed by atoms with Gasteiger partial charge in [0.1, 0.15) is 5.82 Å². The zero-order valence-corrected chi connectivity index (χ0v) is 11.6. The number of nitrogens with one attached hydrogen (secondary N) is 1. The maximum atomic E-state index is 13.3. The summed E-state index contributed by atoms with van der Waals surface area (Å²) in [6, 6.07) is 9.21. The van der Waals surface area contributed by atoms with Gasteiger partial charge in [-0.15, -0.1) is 0 Å². The van der Waals surface area contributed by atoms with Crippen LogP contribution in [-0.2, 0) is 4.79 Å². The van der Waals surface area contributed by atoms with E-state index >= 15 is 0 Å². The molecule has 1 N–H and O–H groups in total. The Morgan fingerprint density at radius 1 is 1.10 bits per heavy atom. The number of hydrogen-bond acceptors (Lipinski definition) is 1. The average molecular weight is 308 g/mol. The van der Waals surface area contributed by atoms with Gasteiger partial charge in [-0.1, -0.05) is 29.3 Å². The van der Waals surface area contributed by atoms with Crippen molar-refractivity contribution in [1.82, 2.24) is 0 Å². The second-order valence-corrected chi connectivity index (χ2v) is 5.15. The fraction of sp³-hybridized carbons (Fsp3) is 0. The molecule has 0 radical (unpaired) electrons. The van der Waals surface area contributed by atoms with E-state index in [1.165, 1.54) is 18.2 Å². The highest BCUT2D eigenvalue weighted by atomic mass is 35.5. The highest BCUT2D eigenvalue weighted by molar-refractivity contribution is 6.40. The molecule has 0 spiro atoms. The van der Waals surface area contributed by atoms with Gasteiger partial charge in [0.05, 0.1) is 0 Å². The summed E-state index contributed by atoms with van der Waals surface area (Å²) in [4.78, 5) is 12.0. The van der Waals surface area contributed by atoms with Crippen LogP contribution >= 0.6 is 23.2 Å². The number of benzene rings is 2. The van der Waals surface area contributed by atoms with Crippen molar-refractivity contribution in [2.24, 2.45) is 0 Å². The number of amides is 1. The van der Waals surface area contributed by atoms with Crippen LogP contribution in [0, 0.1) is 5.82 Å². The Bertz CT molecular complexity index is 735. The number of hydrogen-bond donors (Lipinski definition) is 1. The molecule has 20 heavy (non-hydrogen) atoms. The molecule has 3 rings (SSSR count). The Hall–Kier alpha value is -1.84. The van der Waals surface area contributed by atoms with E-state index in [0.717, 1.165) is 0 Å². The van der Waals surface area contributed by atoms with Crippen LogP contribution in [0.4, 0.5) is 10.1 Å². The van der Waals surface area contributed by atoms with Gasteiger partial charge in [-0.2, -0.15) is 0 Å². The molecular formula is C15H8Cl2FNO. The van der Waals surface area contributed by atoms with Gasteiger partial charge in [0, 0.05) is 32.4 Å². The first kappa shape index (κ1) is 13.2. The topological polar surface area (TPSA) is 29.1 Å². The number of fused-ring (bicyclic) bond motifs is 1. The molecule has 0 unspecified atom stereocenters. The van der Waals surface area contributed by atoms with Crippen molar-refractivity contribution < 1.29 is 9.18 Å². The Balaban J connectivity index is 2.18. The summed E-state index contributed by atoms with van der Waals surface area (Å²) in [7, 11) is 0. The van der Waals surface area contributed by atoms with Gasteiger partial charge in [0.15, 0.2) is 0 Å². The van der Waals surface area contributed by atoms with Crippen molar-refractivity contribution >= 4 is 46.4 Å². The van der Waals surface area contributed by atoms with Gasteiger partial charge in [0.25, 0.3) is 5.91 Å². The molecule has 2 aromatic carbocycles. The third-order valence-corrected chi connectivity index (χ3v) is 3.71. The molecule has 1 aliphatic rings. The highest BCUT2D eigenvalue weighted by Crippen LogP contribution is 2.36. The number of carbonyl (C=O) groups excluding carboxylic acids is 1. The van der Waals surface area contributed by atoms with Gasteiger partial charge in [-0.05, 0) is 36.4 Å². The van der Waals surface area contributed by atoms with E-state index in [2.05, 4.69) is 5.32 Å². The third kappa shape index (κ3) is 2.19. The number of rotatable bonds is 1. The van der Waals surface area contributed by atoms with E-state index in [1.54, 1.807) is 24.3 Å². The van der Waals surface area contributed by atoms with Crippen molar-refractivity contribution in [2.45, 2.75) is 0 Å². The Kier molecular flexibility index (Phi) is 3.24. The maximum Gasteiger partial charge on any atom is 0.256 e. The van der Waals surface area contributed by atoms with Crippen molar-refractivity contribution in [2.75, 3.05) is 5.32 Å². The lowest BCUT2D eigenvalue weighted by atomic mass is 10.0. The van der Waals surface area contributed by atoms with E-state index in [9.17, 15) is 9.18 Å². The van der Waals surface area contributed by atoms with Crippen molar-refractivity contribution in [3.05, 3.63) is 63.4 Å². The van der Waals surface area contributed by atoms with E-state index in [1.807, 2.05) is 0 Å². The second-order valence-electron chi connectivity index (χ2n) is 4.34. The lowest BCUT2D eigenvalue weighted by molar-refractivity contribution is -0.110. The summed E-state index contributed by atoms with van der Waals surface area (Å²) >= 11 is 12.2. The number of anilines is 1. The van der Waals surface area contributed by atoms with Crippen LogP contribution in [0.3, 0.4) is 0 Å². The fourth-order valence-electron chi connectivity index (χ4n) is 2.10. The van der Waals surface area contributed by atoms with E-state index in [0.29, 0.717) is 32.4 Å². The Morgan fingerprint density at radius 3 is 2.50 bits per heavy atom. The summed E-state index contributed by atoms with van der Waals surface area (Å²) in [5.41, 5.74) is 1.96. The Morgan fingerprint density at radius 2 is 1.80 bits per heavy atom. The quantitative estimate of drug-likeness (QED) is 0.765. The van der Waals surface area contributed by atoms with Gasteiger partial charge >= 0.3 is 0 Å². The summed E-state index contributed by atoms with van der Waals surface area (Å²) in [5, 5.41) is 3.54. The lowest BCUT2D eigenvalue weighted by Gasteiger charge is -2.03. The molecule has 100 valence electrons. The van der Waals surface area contributed by atoms with Crippen LogP contribution in [-0.4, -0.2) is 5.91 Å². The molecule has 2 aromatic rings. The second kappa shape index (κ2) is 4.93. The van der Waals surface area contributed by atoms with Gasteiger partial charge < -0.3 is 5.32 Å². The van der Waals surface area contributed by atoms with E-state index in [-0.39, 0.29) is 5.91 Å². The lowest BCUT2D eigenvalue weighted by Crippen LogP contribution is -2.03. The fourth-order valence-corrected chi connectivity index (χ4v) is 2.60. The predicted molar refractivity (Wildman–Crippen MR) is 79.4 cm³/mol. The molecule has 0 saturated heterocycles. The molecule has 5 heteroatoms. The molecule has 0 saturated carbocycles. The summed E-state index contributed by atoms with van der Waals surface area (Å²) in [6.07, 6.45) is 1.57. The smallest absolute Gasteiger partial charge is 0.256 e. The molecule has 2 nitrogen and oxygen atoms in total. The summed E-state index contributed by atoms with van der Waals surface area (Å²) in [6.45, 7) is 0. The zero-order valence-electron chi connectivity index (χ0n) is 10.1. The third-order valence-electron chi connectivity index (χ3n) is 3.05. The molecular weight excluding hydrogens is 300 g/mol. The first-order valence-electron chi connectivity index (χ1n) is 5.83. The van der Waals surface area contributed by atoms with E-state index < -0.39 is 5.82 Å². The molecule has 1 amide bonds. The minimum atomic E-state index is -0.406. The van der Waals surface area contributed by atoms with Gasteiger partial charge in [-0.25, -0.2) is 4.39 Å². The van der Waals surface area contributed by atoms with Crippen LogP contribution < -0.4 is 5.32 Å².